The Morgan fingerprint density at radius 2 is 1.86 bits per heavy atom. The van der Waals surface area contributed by atoms with Crippen molar-refractivity contribution in [1.29, 1.82) is 0 Å². The van der Waals surface area contributed by atoms with Crippen LogP contribution in [0.15, 0.2) is 11.6 Å². The van der Waals surface area contributed by atoms with E-state index in [1.165, 1.54) is 5.57 Å². The molecule has 0 heterocycles. The fourth-order valence-electron chi connectivity index (χ4n) is 1.06. The Kier molecular flexibility index (Phi) is 5.43. The normalized spacial score (nSPS) is 15.4. The summed E-state index contributed by atoms with van der Waals surface area (Å²) >= 11 is 5.28. The highest BCUT2D eigenvalue weighted by molar-refractivity contribution is 6.63. The van der Waals surface area contributed by atoms with Gasteiger partial charge in [0, 0.05) is 6.42 Å². The molecule has 14 heavy (non-hydrogen) atoms. The van der Waals surface area contributed by atoms with Gasteiger partial charge in [0.25, 0.3) is 0 Å². The van der Waals surface area contributed by atoms with Gasteiger partial charge in [-0.05, 0) is 36.3 Å². The van der Waals surface area contributed by atoms with Gasteiger partial charge in [-0.3, -0.25) is 4.79 Å². The number of hydrogen-bond donors (Lipinski definition) is 0. The molecule has 0 rings (SSSR count). The molecular formula is C12H21ClO. The molecule has 1 nitrogen and oxygen atoms in total. The van der Waals surface area contributed by atoms with Gasteiger partial charge in [0.2, 0.25) is 5.24 Å². The highest BCUT2D eigenvalue weighted by Gasteiger charge is 2.17. The van der Waals surface area contributed by atoms with Crippen molar-refractivity contribution in [2.24, 2.45) is 11.3 Å². The summed E-state index contributed by atoms with van der Waals surface area (Å²) in [6, 6.07) is 0. The third-order valence-corrected chi connectivity index (χ3v) is 2.81. The second-order valence-corrected chi connectivity index (χ2v) is 5.44. The second kappa shape index (κ2) is 5.55. The lowest BCUT2D eigenvalue weighted by Crippen LogP contribution is -2.15. The summed E-state index contributed by atoms with van der Waals surface area (Å²) in [5, 5.41) is -0.249. The van der Waals surface area contributed by atoms with Gasteiger partial charge in [-0.25, -0.2) is 0 Å². The minimum absolute atomic E-state index is 0.249. The van der Waals surface area contributed by atoms with Crippen molar-refractivity contribution in [2.45, 2.75) is 47.5 Å². The molecule has 0 saturated carbocycles. The molecule has 0 radical (unpaired) electrons. The summed E-state index contributed by atoms with van der Waals surface area (Å²) < 4.78 is 0. The lowest BCUT2D eigenvalue weighted by Gasteiger charge is -2.25. The van der Waals surface area contributed by atoms with Crippen LogP contribution in [0, 0.1) is 11.3 Å². The van der Waals surface area contributed by atoms with Crippen LogP contribution in [-0.4, -0.2) is 5.24 Å². The predicted octanol–water partition coefficient (Wildman–Crippen LogP) is 4.16. The van der Waals surface area contributed by atoms with Crippen LogP contribution in [-0.2, 0) is 4.79 Å². The SMILES string of the molecule is CC(=CC(C)C(C)(C)C)CCC(=O)Cl. The van der Waals surface area contributed by atoms with Crippen LogP contribution in [0.5, 0.6) is 0 Å². The summed E-state index contributed by atoms with van der Waals surface area (Å²) in [6.07, 6.45) is 3.46. The van der Waals surface area contributed by atoms with E-state index in [2.05, 4.69) is 40.7 Å². The maximum Gasteiger partial charge on any atom is 0.221 e. The number of rotatable bonds is 4. The number of hydrogen-bond acceptors (Lipinski definition) is 1. The zero-order valence-corrected chi connectivity index (χ0v) is 10.6. The summed E-state index contributed by atoms with van der Waals surface area (Å²) in [6.45, 7) is 10.9. The summed E-state index contributed by atoms with van der Waals surface area (Å²) in [5.74, 6) is 0.521. The first-order valence-corrected chi connectivity index (χ1v) is 5.47. The molecule has 1 atom stereocenters. The van der Waals surface area contributed by atoms with E-state index in [1.807, 2.05) is 0 Å². The average molecular weight is 217 g/mol. The Morgan fingerprint density at radius 3 is 2.21 bits per heavy atom. The van der Waals surface area contributed by atoms with Gasteiger partial charge in [0.05, 0.1) is 0 Å². The van der Waals surface area contributed by atoms with Crippen molar-refractivity contribution < 1.29 is 4.79 Å². The van der Waals surface area contributed by atoms with Crippen molar-refractivity contribution in [3.05, 3.63) is 11.6 Å². The zero-order chi connectivity index (χ0) is 11.4. The lowest BCUT2D eigenvalue weighted by molar-refractivity contribution is -0.111. The molecule has 0 fully saturated rings. The third-order valence-electron chi connectivity index (χ3n) is 2.62. The van der Waals surface area contributed by atoms with E-state index in [-0.39, 0.29) is 10.7 Å². The molecule has 0 amide bonds. The van der Waals surface area contributed by atoms with Crippen LogP contribution in [0.3, 0.4) is 0 Å². The van der Waals surface area contributed by atoms with Crippen molar-refractivity contribution in [3.63, 3.8) is 0 Å². The molecule has 0 aromatic heterocycles. The maximum atomic E-state index is 10.6. The molecule has 0 aliphatic rings. The van der Waals surface area contributed by atoms with E-state index in [0.717, 1.165) is 6.42 Å². The van der Waals surface area contributed by atoms with Crippen LogP contribution in [0.4, 0.5) is 0 Å². The monoisotopic (exact) mass is 216 g/mol. The summed E-state index contributed by atoms with van der Waals surface area (Å²) in [5.41, 5.74) is 1.54. The van der Waals surface area contributed by atoms with Gasteiger partial charge in [0.15, 0.2) is 0 Å². The molecule has 82 valence electrons. The molecule has 0 aliphatic heterocycles. The quantitative estimate of drug-likeness (QED) is 0.510. The number of allylic oxidation sites excluding steroid dienone is 2. The number of carbonyl (C=O) groups excluding carboxylic acids is 1. The first-order chi connectivity index (χ1) is 6.23. The highest BCUT2D eigenvalue weighted by Crippen LogP contribution is 2.27. The third kappa shape index (κ3) is 6.20. The van der Waals surface area contributed by atoms with Crippen molar-refractivity contribution in [2.75, 3.05) is 0 Å². The lowest BCUT2D eigenvalue weighted by atomic mass is 9.81. The second-order valence-electron chi connectivity index (χ2n) is 5.02. The summed E-state index contributed by atoms with van der Waals surface area (Å²) in [7, 11) is 0. The Bertz CT molecular complexity index is 223. The van der Waals surface area contributed by atoms with E-state index in [1.54, 1.807) is 0 Å². The molecule has 0 aromatic carbocycles. The van der Waals surface area contributed by atoms with E-state index >= 15 is 0 Å². The van der Waals surface area contributed by atoms with Crippen molar-refractivity contribution >= 4 is 16.8 Å². The smallest absolute Gasteiger partial charge is 0.221 e. The molecule has 0 N–H and O–H groups in total. The molecule has 1 unspecified atom stereocenters. The first-order valence-electron chi connectivity index (χ1n) is 5.09. The number of halogens is 1. The van der Waals surface area contributed by atoms with E-state index in [0.29, 0.717) is 12.3 Å². The highest BCUT2D eigenvalue weighted by atomic mass is 35.5. The van der Waals surface area contributed by atoms with Crippen LogP contribution >= 0.6 is 11.6 Å². The fraction of sp³-hybridized carbons (Fsp3) is 0.750. The van der Waals surface area contributed by atoms with Gasteiger partial charge in [-0.2, -0.15) is 0 Å². The van der Waals surface area contributed by atoms with E-state index in [4.69, 9.17) is 11.6 Å². The molecule has 0 saturated heterocycles. The van der Waals surface area contributed by atoms with Crippen LogP contribution in [0.2, 0.25) is 0 Å². The first kappa shape index (κ1) is 13.7. The molecular weight excluding hydrogens is 196 g/mol. The van der Waals surface area contributed by atoms with Gasteiger partial charge >= 0.3 is 0 Å². The standard InChI is InChI=1S/C12H21ClO/c1-9(6-7-11(13)14)8-10(2)12(3,4)5/h8,10H,6-7H2,1-5H3. The minimum atomic E-state index is -0.249. The molecule has 0 aliphatic carbocycles. The van der Waals surface area contributed by atoms with E-state index in [9.17, 15) is 4.79 Å². The predicted molar refractivity (Wildman–Crippen MR) is 62.5 cm³/mol. The van der Waals surface area contributed by atoms with Crippen LogP contribution in [0.25, 0.3) is 0 Å². The Morgan fingerprint density at radius 1 is 1.36 bits per heavy atom. The topological polar surface area (TPSA) is 17.1 Å². The summed E-state index contributed by atoms with van der Waals surface area (Å²) in [4.78, 5) is 10.6. The Balaban J connectivity index is 4.16. The fourth-order valence-corrected chi connectivity index (χ4v) is 1.15. The minimum Gasteiger partial charge on any atom is -0.281 e. The molecule has 0 aromatic rings. The van der Waals surface area contributed by atoms with Gasteiger partial charge in [-0.1, -0.05) is 39.3 Å². The Labute approximate surface area is 92.5 Å². The van der Waals surface area contributed by atoms with Gasteiger partial charge in [-0.15, -0.1) is 0 Å². The largest absolute Gasteiger partial charge is 0.281 e. The van der Waals surface area contributed by atoms with Gasteiger partial charge in [0.1, 0.15) is 0 Å². The molecule has 2 heteroatoms. The zero-order valence-electron chi connectivity index (χ0n) is 9.86. The van der Waals surface area contributed by atoms with Crippen molar-refractivity contribution in [3.8, 4) is 0 Å². The molecule has 0 bridgehead atoms. The number of carbonyl (C=O) groups is 1. The maximum absolute atomic E-state index is 10.6. The Hall–Kier alpha value is -0.300. The van der Waals surface area contributed by atoms with Crippen LogP contribution in [0.1, 0.15) is 47.5 Å². The van der Waals surface area contributed by atoms with Crippen LogP contribution < -0.4 is 0 Å². The van der Waals surface area contributed by atoms with Gasteiger partial charge < -0.3 is 0 Å². The van der Waals surface area contributed by atoms with E-state index < -0.39 is 0 Å². The van der Waals surface area contributed by atoms with Crippen molar-refractivity contribution in [1.82, 2.24) is 0 Å². The molecule has 0 spiro atoms. The average Bonchev–Trinajstić information content (AvgIpc) is 1.99.